The Kier molecular flexibility index (Phi) is 4.47. The smallest absolute Gasteiger partial charge is 0.238 e. The third-order valence-electron chi connectivity index (χ3n) is 4.01. The second-order valence-electron chi connectivity index (χ2n) is 5.39. The number of rotatable bonds is 3. The summed E-state index contributed by atoms with van der Waals surface area (Å²) in [5, 5.41) is 11.3. The van der Waals surface area contributed by atoms with Gasteiger partial charge in [-0.1, -0.05) is 6.42 Å². The van der Waals surface area contributed by atoms with Gasteiger partial charge in [0.25, 0.3) is 0 Å². The maximum Gasteiger partial charge on any atom is 0.238 e. The summed E-state index contributed by atoms with van der Waals surface area (Å²) in [4.78, 5) is 12.2. The number of hydrogen-bond acceptors (Lipinski definition) is 5. The molecule has 2 aliphatic heterocycles. The third kappa shape index (κ3) is 3.27. The molecule has 0 aromatic carbocycles. The number of carbonyl (C=O) groups excluding carboxylic acids is 1. The monoisotopic (exact) mass is 291 g/mol. The molecule has 2 saturated heterocycles. The Morgan fingerprint density at radius 3 is 2.58 bits per heavy atom. The number of aliphatic hydroxyl groups is 1. The Morgan fingerprint density at radius 1 is 1.32 bits per heavy atom. The lowest BCUT2D eigenvalue weighted by Crippen LogP contribution is -2.58. The Labute approximate surface area is 113 Å². The summed E-state index contributed by atoms with van der Waals surface area (Å²) in [6, 6.07) is 0. The number of hydrogen-bond donors (Lipinski definition) is 2. The zero-order valence-electron chi connectivity index (χ0n) is 10.9. The summed E-state index contributed by atoms with van der Waals surface area (Å²) < 4.78 is 29.0. The Bertz CT molecular complexity index is 427. The number of nitrogens with one attached hydrogen (secondary N) is 1. The van der Waals surface area contributed by atoms with Crippen LogP contribution in [0.5, 0.6) is 0 Å². The summed E-state index contributed by atoms with van der Waals surface area (Å²) in [5.41, 5.74) is -0.720. The fraction of sp³-hybridized carbons (Fsp3) is 0.917. The van der Waals surface area contributed by atoms with Gasteiger partial charge < -0.3 is 15.2 Å². The van der Waals surface area contributed by atoms with E-state index in [4.69, 9.17) is 4.74 Å². The minimum absolute atomic E-state index is 0.0837. The SMILES string of the molecule is O=C(NC1(CO)CCOCC1)C1CCCCS1(=O)=O. The van der Waals surface area contributed by atoms with Crippen molar-refractivity contribution >= 4 is 15.7 Å². The van der Waals surface area contributed by atoms with E-state index in [0.717, 1.165) is 6.42 Å². The van der Waals surface area contributed by atoms with Crippen molar-refractivity contribution in [1.29, 1.82) is 0 Å². The van der Waals surface area contributed by atoms with E-state index in [9.17, 15) is 18.3 Å². The first-order valence-electron chi connectivity index (χ1n) is 6.71. The summed E-state index contributed by atoms with van der Waals surface area (Å²) >= 11 is 0. The van der Waals surface area contributed by atoms with Crippen LogP contribution in [0.4, 0.5) is 0 Å². The molecule has 0 radical (unpaired) electrons. The zero-order chi connectivity index (χ0) is 13.9. The Morgan fingerprint density at radius 2 is 2.00 bits per heavy atom. The summed E-state index contributed by atoms with van der Waals surface area (Å²) in [5.74, 6) is -0.379. The van der Waals surface area contributed by atoms with Gasteiger partial charge in [0.05, 0.1) is 17.9 Å². The van der Waals surface area contributed by atoms with Crippen LogP contribution < -0.4 is 5.32 Å². The third-order valence-corrected chi connectivity index (χ3v) is 6.19. The summed E-state index contributed by atoms with van der Waals surface area (Å²) in [7, 11) is -3.33. The highest BCUT2D eigenvalue weighted by Crippen LogP contribution is 2.24. The average molecular weight is 291 g/mol. The van der Waals surface area contributed by atoms with Gasteiger partial charge in [0.1, 0.15) is 5.25 Å². The van der Waals surface area contributed by atoms with Crippen molar-refractivity contribution in [1.82, 2.24) is 5.32 Å². The molecule has 19 heavy (non-hydrogen) atoms. The lowest BCUT2D eigenvalue weighted by atomic mass is 9.90. The van der Waals surface area contributed by atoms with Crippen LogP contribution in [0.3, 0.4) is 0 Å². The van der Waals surface area contributed by atoms with E-state index in [2.05, 4.69) is 5.32 Å². The molecule has 2 aliphatic rings. The molecular formula is C12H21NO5S. The van der Waals surface area contributed by atoms with Gasteiger partial charge in [-0.3, -0.25) is 4.79 Å². The number of carbonyl (C=O) groups is 1. The minimum atomic E-state index is -3.33. The van der Waals surface area contributed by atoms with Gasteiger partial charge in [0.2, 0.25) is 5.91 Å². The quantitative estimate of drug-likeness (QED) is 0.739. The van der Waals surface area contributed by atoms with Gasteiger partial charge in [-0.25, -0.2) is 8.42 Å². The highest BCUT2D eigenvalue weighted by Gasteiger charge is 2.40. The molecule has 1 atom stereocenters. The first-order chi connectivity index (χ1) is 8.99. The summed E-state index contributed by atoms with van der Waals surface area (Å²) in [6.07, 6.45) is 2.80. The highest BCUT2D eigenvalue weighted by molar-refractivity contribution is 7.92. The van der Waals surface area contributed by atoms with Crippen LogP contribution in [0.25, 0.3) is 0 Å². The molecule has 6 nitrogen and oxygen atoms in total. The fourth-order valence-corrected chi connectivity index (χ4v) is 4.48. The van der Waals surface area contributed by atoms with Gasteiger partial charge in [-0.2, -0.15) is 0 Å². The molecule has 2 fully saturated rings. The van der Waals surface area contributed by atoms with Crippen LogP contribution in [-0.2, 0) is 19.4 Å². The van der Waals surface area contributed by atoms with Gasteiger partial charge in [-0.05, 0) is 25.7 Å². The van der Waals surface area contributed by atoms with E-state index < -0.39 is 26.5 Å². The molecule has 1 amide bonds. The van der Waals surface area contributed by atoms with Crippen molar-refractivity contribution < 1.29 is 23.1 Å². The van der Waals surface area contributed by atoms with Crippen molar-refractivity contribution in [2.75, 3.05) is 25.6 Å². The van der Waals surface area contributed by atoms with E-state index >= 15 is 0 Å². The molecule has 2 N–H and O–H groups in total. The maximum atomic E-state index is 12.2. The van der Waals surface area contributed by atoms with Crippen LogP contribution >= 0.6 is 0 Å². The van der Waals surface area contributed by atoms with Crippen molar-refractivity contribution in [2.45, 2.75) is 42.9 Å². The molecular weight excluding hydrogens is 270 g/mol. The number of aliphatic hydroxyl groups excluding tert-OH is 1. The first kappa shape index (κ1) is 14.7. The maximum absolute atomic E-state index is 12.2. The molecule has 110 valence electrons. The van der Waals surface area contributed by atoms with E-state index in [1.54, 1.807) is 0 Å². The van der Waals surface area contributed by atoms with Crippen molar-refractivity contribution in [3.05, 3.63) is 0 Å². The minimum Gasteiger partial charge on any atom is -0.394 e. The standard InChI is InChI=1S/C12H21NO5S/c14-9-12(4-6-18-7-5-12)13-11(15)10-3-1-2-8-19(10,16)17/h10,14H,1-9H2,(H,13,15). The van der Waals surface area contributed by atoms with Crippen LogP contribution in [0.1, 0.15) is 32.1 Å². The normalized spacial score (nSPS) is 29.6. The number of ether oxygens (including phenoxy) is 1. The topological polar surface area (TPSA) is 92.7 Å². The lowest BCUT2D eigenvalue weighted by molar-refractivity contribution is -0.125. The van der Waals surface area contributed by atoms with Gasteiger partial charge in [0.15, 0.2) is 9.84 Å². The molecule has 1 unspecified atom stereocenters. The van der Waals surface area contributed by atoms with E-state index in [0.29, 0.717) is 38.9 Å². The largest absolute Gasteiger partial charge is 0.394 e. The van der Waals surface area contributed by atoms with Gasteiger partial charge >= 0.3 is 0 Å². The highest BCUT2D eigenvalue weighted by atomic mass is 32.2. The molecule has 2 heterocycles. The first-order valence-corrected chi connectivity index (χ1v) is 8.43. The molecule has 0 aliphatic carbocycles. The van der Waals surface area contributed by atoms with E-state index in [1.165, 1.54) is 0 Å². The number of sulfone groups is 1. The average Bonchev–Trinajstić information content (AvgIpc) is 2.39. The van der Waals surface area contributed by atoms with Crippen LogP contribution in [0.2, 0.25) is 0 Å². The van der Waals surface area contributed by atoms with Gasteiger partial charge in [-0.15, -0.1) is 0 Å². The molecule has 0 saturated carbocycles. The van der Waals surface area contributed by atoms with Crippen molar-refractivity contribution in [2.24, 2.45) is 0 Å². The predicted molar refractivity (Wildman–Crippen MR) is 69.4 cm³/mol. The summed E-state index contributed by atoms with van der Waals surface area (Å²) in [6.45, 7) is 0.755. The van der Waals surface area contributed by atoms with Crippen molar-refractivity contribution in [3.8, 4) is 0 Å². The Hall–Kier alpha value is -0.660. The molecule has 0 spiro atoms. The van der Waals surface area contributed by atoms with Crippen LogP contribution in [-0.4, -0.2) is 55.8 Å². The van der Waals surface area contributed by atoms with Crippen LogP contribution in [0.15, 0.2) is 0 Å². The zero-order valence-corrected chi connectivity index (χ0v) is 11.7. The van der Waals surface area contributed by atoms with Crippen LogP contribution in [0, 0.1) is 0 Å². The lowest BCUT2D eigenvalue weighted by Gasteiger charge is -2.37. The predicted octanol–water partition coefficient (Wildman–Crippen LogP) is -0.389. The molecule has 2 rings (SSSR count). The molecule has 7 heteroatoms. The molecule has 0 bridgehead atoms. The number of amides is 1. The van der Waals surface area contributed by atoms with Crippen molar-refractivity contribution in [3.63, 3.8) is 0 Å². The second kappa shape index (κ2) is 5.76. The fourth-order valence-electron chi connectivity index (χ4n) is 2.68. The second-order valence-corrected chi connectivity index (χ2v) is 7.69. The van der Waals surface area contributed by atoms with Gasteiger partial charge in [0, 0.05) is 13.2 Å². The Balaban J connectivity index is 2.07. The molecule has 0 aromatic rings. The molecule has 0 aromatic heterocycles. The van der Waals surface area contributed by atoms with E-state index in [-0.39, 0.29) is 12.4 Å². The van der Waals surface area contributed by atoms with E-state index in [1.807, 2.05) is 0 Å².